The molecular weight excluding hydrogens is 492 g/mol. The van der Waals surface area contributed by atoms with E-state index < -0.39 is 10.0 Å². The summed E-state index contributed by atoms with van der Waals surface area (Å²) in [6, 6.07) is 22.2. The van der Waals surface area contributed by atoms with Crippen molar-refractivity contribution < 1.29 is 27.5 Å². The van der Waals surface area contributed by atoms with Crippen molar-refractivity contribution in [3.8, 4) is 5.75 Å². The standard InChI is InChI=1S/C28H30N2O6S/c1-35-23-12-14-24(15-13-23)37(33,34)30(20-21-8-4-3-5-9-21)26-11-7-6-10-25(26)27(31)29-18-16-22(17-19-29)28(32)36-2/h3-15,22H,16-20H2,1-2H3. The fourth-order valence-electron chi connectivity index (χ4n) is 4.45. The summed E-state index contributed by atoms with van der Waals surface area (Å²) in [4.78, 5) is 27.3. The molecule has 1 amide bonds. The molecule has 1 aliphatic heterocycles. The zero-order valence-corrected chi connectivity index (χ0v) is 21.7. The van der Waals surface area contributed by atoms with E-state index in [1.807, 2.05) is 30.3 Å². The molecule has 1 aliphatic rings. The lowest BCUT2D eigenvalue weighted by molar-refractivity contribution is -0.146. The van der Waals surface area contributed by atoms with Crippen molar-refractivity contribution in [1.29, 1.82) is 0 Å². The maximum atomic E-state index is 13.9. The molecule has 1 fully saturated rings. The van der Waals surface area contributed by atoms with Crippen LogP contribution in [0.2, 0.25) is 0 Å². The molecule has 0 bridgehead atoms. The van der Waals surface area contributed by atoms with Gasteiger partial charge in [-0.25, -0.2) is 8.42 Å². The molecule has 0 aliphatic carbocycles. The highest BCUT2D eigenvalue weighted by Crippen LogP contribution is 2.31. The number of nitrogens with zero attached hydrogens (tertiary/aromatic N) is 2. The van der Waals surface area contributed by atoms with Gasteiger partial charge >= 0.3 is 5.97 Å². The number of sulfonamides is 1. The zero-order chi connectivity index (χ0) is 26.4. The molecule has 0 radical (unpaired) electrons. The van der Waals surface area contributed by atoms with Gasteiger partial charge in [-0.2, -0.15) is 0 Å². The topological polar surface area (TPSA) is 93.2 Å². The lowest BCUT2D eigenvalue weighted by Gasteiger charge is -2.32. The third-order valence-electron chi connectivity index (χ3n) is 6.54. The maximum Gasteiger partial charge on any atom is 0.308 e. The van der Waals surface area contributed by atoms with Crippen LogP contribution < -0.4 is 9.04 Å². The molecule has 37 heavy (non-hydrogen) atoms. The Balaban J connectivity index is 1.71. The summed E-state index contributed by atoms with van der Waals surface area (Å²) in [6.45, 7) is 0.817. The van der Waals surface area contributed by atoms with E-state index >= 15 is 0 Å². The van der Waals surface area contributed by atoms with Gasteiger partial charge in [0, 0.05) is 13.1 Å². The van der Waals surface area contributed by atoms with E-state index in [4.69, 9.17) is 9.47 Å². The minimum absolute atomic E-state index is 0.0455. The van der Waals surface area contributed by atoms with Crippen molar-refractivity contribution in [2.75, 3.05) is 31.6 Å². The smallest absolute Gasteiger partial charge is 0.308 e. The number of anilines is 1. The van der Waals surface area contributed by atoms with E-state index in [0.717, 1.165) is 5.56 Å². The minimum Gasteiger partial charge on any atom is -0.497 e. The molecule has 0 spiro atoms. The number of esters is 1. The van der Waals surface area contributed by atoms with E-state index in [2.05, 4.69) is 0 Å². The summed E-state index contributed by atoms with van der Waals surface area (Å²) < 4.78 is 39.2. The van der Waals surface area contributed by atoms with Crippen molar-refractivity contribution in [1.82, 2.24) is 4.90 Å². The molecule has 1 saturated heterocycles. The molecule has 8 nitrogen and oxygen atoms in total. The van der Waals surface area contributed by atoms with Crippen LogP contribution in [-0.4, -0.2) is 52.5 Å². The summed E-state index contributed by atoms with van der Waals surface area (Å²) in [5.74, 6) is -0.247. The van der Waals surface area contributed by atoms with Crippen LogP contribution >= 0.6 is 0 Å². The van der Waals surface area contributed by atoms with Crippen LogP contribution in [0.4, 0.5) is 5.69 Å². The second kappa shape index (κ2) is 11.5. The van der Waals surface area contributed by atoms with Gasteiger partial charge in [-0.05, 0) is 54.8 Å². The molecule has 0 N–H and O–H groups in total. The molecule has 194 valence electrons. The Bertz CT molecular complexity index is 1330. The van der Waals surface area contributed by atoms with Crippen LogP contribution in [-0.2, 0) is 26.1 Å². The van der Waals surface area contributed by atoms with Gasteiger partial charge in [0.05, 0.1) is 42.8 Å². The van der Waals surface area contributed by atoms with Gasteiger partial charge in [0.25, 0.3) is 15.9 Å². The van der Waals surface area contributed by atoms with Crippen LogP contribution in [0.15, 0.2) is 83.8 Å². The van der Waals surface area contributed by atoms with E-state index in [1.54, 1.807) is 41.3 Å². The van der Waals surface area contributed by atoms with E-state index in [1.165, 1.54) is 30.7 Å². The lowest BCUT2D eigenvalue weighted by atomic mass is 9.96. The molecule has 3 aromatic rings. The number of carbonyl (C=O) groups excluding carboxylic acids is 2. The Hall–Kier alpha value is -3.85. The highest BCUT2D eigenvalue weighted by Gasteiger charge is 2.32. The number of hydrogen-bond donors (Lipinski definition) is 0. The van der Waals surface area contributed by atoms with Crippen molar-refractivity contribution >= 4 is 27.6 Å². The Kier molecular flexibility index (Phi) is 8.13. The van der Waals surface area contributed by atoms with Gasteiger partial charge in [0.1, 0.15) is 5.75 Å². The Labute approximate surface area is 217 Å². The normalized spacial score (nSPS) is 14.2. The fraction of sp³-hybridized carbons (Fsp3) is 0.286. The molecule has 9 heteroatoms. The molecule has 0 aromatic heterocycles. The van der Waals surface area contributed by atoms with Crippen LogP contribution in [0.1, 0.15) is 28.8 Å². The molecule has 4 rings (SSSR count). The van der Waals surface area contributed by atoms with Gasteiger partial charge in [0.15, 0.2) is 0 Å². The first kappa shape index (κ1) is 26.2. The number of benzene rings is 3. The number of amides is 1. The van der Waals surface area contributed by atoms with Crippen LogP contribution in [0.5, 0.6) is 5.75 Å². The van der Waals surface area contributed by atoms with Crippen molar-refractivity contribution in [2.24, 2.45) is 5.92 Å². The molecule has 0 unspecified atom stereocenters. The number of ether oxygens (including phenoxy) is 2. The average molecular weight is 523 g/mol. The highest BCUT2D eigenvalue weighted by atomic mass is 32.2. The van der Waals surface area contributed by atoms with Gasteiger partial charge < -0.3 is 14.4 Å². The van der Waals surface area contributed by atoms with E-state index in [-0.39, 0.29) is 34.8 Å². The summed E-state index contributed by atoms with van der Waals surface area (Å²) in [6.07, 6.45) is 0.997. The number of methoxy groups -OCH3 is 2. The van der Waals surface area contributed by atoms with Crippen molar-refractivity contribution in [3.05, 3.63) is 90.0 Å². The predicted molar refractivity (Wildman–Crippen MR) is 140 cm³/mol. The largest absolute Gasteiger partial charge is 0.497 e. The first-order valence-corrected chi connectivity index (χ1v) is 13.5. The monoisotopic (exact) mass is 522 g/mol. The quantitative estimate of drug-likeness (QED) is 0.413. The second-order valence-corrected chi connectivity index (χ2v) is 10.6. The third-order valence-corrected chi connectivity index (χ3v) is 8.31. The molecule has 1 heterocycles. The summed E-state index contributed by atoms with van der Waals surface area (Å²) >= 11 is 0. The number of piperidine rings is 1. The van der Waals surface area contributed by atoms with Crippen LogP contribution in [0, 0.1) is 5.92 Å². The lowest BCUT2D eigenvalue weighted by Crippen LogP contribution is -2.41. The fourth-order valence-corrected chi connectivity index (χ4v) is 5.92. The summed E-state index contributed by atoms with van der Waals surface area (Å²) in [5, 5.41) is 0. The van der Waals surface area contributed by atoms with Gasteiger partial charge in [0.2, 0.25) is 0 Å². The van der Waals surface area contributed by atoms with Crippen molar-refractivity contribution in [2.45, 2.75) is 24.3 Å². The highest BCUT2D eigenvalue weighted by molar-refractivity contribution is 7.92. The van der Waals surface area contributed by atoms with Gasteiger partial charge in [-0.15, -0.1) is 0 Å². The van der Waals surface area contributed by atoms with Crippen molar-refractivity contribution in [3.63, 3.8) is 0 Å². The van der Waals surface area contributed by atoms with Gasteiger partial charge in [-0.3, -0.25) is 13.9 Å². The molecule has 0 saturated carbocycles. The van der Waals surface area contributed by atoms with E-state index in [9.17, 15) is 18.0 Å². The molecular formula is C28H30N2O6S. The summed E-state index contributed by atoms with van der Waals surface area (Å²) in [7, 11) is -1.16. The Morgan fingerprint density at radius 1 is 0.892 bits per heavy atom. The SMILES string of the molecule is COC(=O)C1CCN(C(=O)c2ccccc2N(Cc2ccccc2)S(=O)(=O)c2ccc(OC)cc2)CC1. The number of rotatable bonds is 8. The number of hydrogen-bond acceptors (Lipinski definition) is 6. The first-order chi connectivity index (χ1) is 17.8. The summed E-state index contributed by atoms with van der Waals surface area (Å²) in [5.41, 5.74) is 1.36. The number of para-hydroxylation sites is 1. The van der Waals surface area contributed by atoms with Crippen LogP contribution in [0.3, 0.4) is 0 Å². The number of carbonyl (C=O) groups is 2. The molecule has 3 aromatic carbocycles. The van der Waals surface area contributed by atoms with Crippen LogP contribution in [0.25, 0.3) is 0 Å². The number of likely N-dealkylation sites (tertiary alicyclic amines) is 1. The predicted octanol–water partition coefficient (Wildman–Crippen LogP) is 4.12. The zero-order valence-electron chi connectivity index (χ0n) is 20.9. The first-order valence-electron chi connectivity index (χ1n) is 12.0. The third kappa shape index (κ3) is 5.77. The Morgan fingerprint density at radius 2 is 1.51 bits per heavy atom. The van der Waals surface area contributed by atoms with Gasteiger partial charge in [-0.1, -0.05) is 42.5 Å². The molecule has 0 atom stereocenters. The minimum atomic E-state index is -4.04. The second-order valence-electron chi connectivity index (χ2n) is 8.78. The average Bonchev–Trinajstić information content (AvgIpc) is 2.95. The van der Waals surface area contributed by atoms with E-state index in [0.29, 0.717) is 37.4 Å². The Morgan fingerprint density at radius 3 is 2.14 bits per heavy atom. The maximum absolute atomic E-state index is 13.9.